The van der Waals surface area contributed by atoms with Crippen LogP contribution in [0.15, 0.2) is 45.6 Å². The minimum absolute atomic E-state index is 0.172. The number of hydrogen-bond acceptors (Lipinski definition) is 3. The number of thiophene rings is 1. The van der Waals surface area contributed by atoms with Crippen LogP contribution in [0.1, 0.15) is 23.6 Å². The molecule has 0 saturated heterocycles. The first-order valence-electron chi connectivity index (χ1n) is 5.91. The Morgan fingerprint density at radius 3 is 2.78 bits per heavy atom. The quantitative estimate of drug-likeness (QED) is 0.848. The SMILES string of the molecule is OCC[C@@H](NCc1ccsc1)c1ccccc1Br. The van der Waals surface area contributed by atoms with Crippen LogP contribution in [0.4, 0.5) is 0 Å². The predicted molar refractivity (Wildman–Crippen MR) is 79.7 cm³/mol. The number of halogens is 1. The van der Waals surface area contributed by atoms with Gasteiger partial charge in [-0.2, -0.15) is 11.3 Å². The van der Waals surface area contributed by atoms with Crippen LogP contribution in [-0.4, -0.2) is 11.7 Å². The molecule has 2 nitrogen and oxygen atoms in total. The summed E-state index contributed by atoms with van der Waals surface area (Å²) in [5.41, 5.74) is 2.48. The van der Waals surface area contributed by atoms with Gasteiger partial charge >= 0.3 is 0 Å². The van der Waals surface area contributed by atoms with Gasteiger partial charge in [0.15, 0.2) is 0 Å². The Balaban J connectivity index is 2.06. The van der Waals surface area contributed by atoms with Gasteiger partial charge in [-0.25, -0.2) is 0 Å². The van der Waals surface area contributed by atoms with Crippen LogP contribution in [-0.2, 0) is 6.54 Å². The summed E-state index contributed by atoms with van der Waals surface area (Å²) in [6.07, 6.45) is 0.715. The van der Waals surface area contributed by atoms with Gasteiger partial charge in [-0.1, -0.05) is 34.1 Å². The van der Waals surface area contributed by atoms with Crippen molar-refractivity contribution in [2.45, 2.75) is 19.0 Å². The zero-order chi connectivity index (χ0) is 12.8. The van der Waals surface area contributed by atoms with Crippen molar-refractivity contribution < 1.29 is 5.11 Å². The van der Waals surface area contributed by atoms with Gasteiger partial charge in [-0.05, 0) is 40.4 Å². The number of nitrogens with one attached hydrogen (secondary N) is 1. The number of benzene rings is 1. The Bertz CT molecular complexity index is 472. The number of aliphatic hydroxyl groups is 1. The molecule has 0 aliphatic carbocycles. The summed E-state index contributed by atoms with van der Waals surface area (Å²) >= 11 is 5.27. The Morgan fingerprint density at radius 1 is 1.28 bits per heavy atom. The Kier molecular flexibility index (Phi) is 5.38. The van der Waals surface area contributed by atoms with Crippen LogP contribution < -0.4 is 5.32 Å². The van der Waals surface area contributed by atoms with E-state index >= 15 is 0 Å². The van der Waals surface area contributed by atoms with Crippen LogP contribution in [0.3, 0.4) is 0 Å². The van der Waals surface area contributed by atoms with Crippen molar-refractivity contribution in [2.75, 3.05) is 6.61 Å². The lowest BCUT2D eigenvalue weighted by atomic mass is 10.0. The molecule has 4 heteroatoms. The highest BCUT2D eigenvalue weighted by Gasteiger charge is 2.13. The van der Waals surface area contributed by atoms with Gasteiger partial charge in [0.1, 0.15) is 0 Å². The Labute approximate surface area is 120 Å². The minimum atomic E-state index is 0.172. The van der Waals surface area contributed by atoms with Crippen molar-refractivity contribution in [1.29, 1.82) is 0 Å². The molecule has 1 aromatic carbocycles. The van der Waals surface area contributed by atoms with Crippen LogP contribution in [0.2, 0.25) is 0 Å². The maximum Gasteiger partial charge on any atom is 0.0449 e. The third-order valence-corrected chi connectivity index (χ3v) is 4.29. The summed E-state index contributed by atoms with van der Waals surface area (Å²) in [6.45, 7) is 1.01. The largest absolute Gasteiger partial charge is 0.396 e. The van der Waals surface area contributed by atoms with Crippen LogP contribution >= 0.6 is 27.3 Å². The molecule has 1 atom stereocenters. The summed E-state index contributed by atoms with van der Waals surface area (Å²) in [5.74, 6) is 0. The molecule has 0 spiro atoms. The first kappa shape index (κ1) is 13.7. The lowest BCUT2D eigenvalue weighted by molar-refractivity contribution is 0.265. The molecule has 2 aromatic rings. The Morgan fingerprint density at radius 2 is 2.11 bits per heavy atom. The fourth-order valence-electron chi connectivity index (χ4n) is 1.89. The van der Waals surface area contributed by atoms with E-state index in [9.17, 15) is 5.11 Å². The highest BCUT2D eigenvalue weighted by atomic mass is 79.9. The molecule has 0 aliphatic heterocycles. The lowest BCUT2D eigenvalue weighted by Crippen LogP contribution is -2.22. The second-order valence-electron chi connectivity index (χ2n) is 4.10. The summed E-state index contributed by atoms with van der Waals surface area (Å²) in [4.78, 5) is 0. The molecule has 2 N–H and O–H groups in total. The molecule has 1 aromatic heterocycles. The van der Waals surface area contributed by atoms with Gasteiger partial charge in [0.2, 0.25) is 0 Å². The van der Waals surface area contributed by atoms with E-state index in [2.05, 4.69) is 44.1 Å². The monoisotopic (exact) mass is 325 g/mol. The van der Waals surface area contributed by atoms with E-state index in [-0.39, 0.29) is 12.6 Å². The zero-order valence-electron chi connectivity index (χ0n) is 9.97. The molecule has 0 amide bonds. The van der Waals surface area contributed by atoms with Gasteiger partial charge in [-0.15, -0.1) is 0 Å². The standard InChI is InChI=1S/C14H16BrNOS/c15-13-4-2-1-3-12(13)14(5-7-17)16-9-11-6-8-18-10-11/h1-4,6,8,10,14,16-17H,5,7,9H2/t14-/m1/s1. The van der Waals surface area contributed by atoms with Gasteiger partial charge < -0.3 is 10.4 Å². The third kappa shape index (κ3) is 3.65. The lowest BCUT2D eigenvalue weighted by Gasteiger charge is -2.19. The first-order valence-corrected chi connectivity index (χ1v) is 7.64. The van der Waals surface area contributed by atoms with Gasteiger partial charge in [-0.3, -0.25) is 0 Å². The first-order chi connectivity index (χ1) is 8.81. The molecular formula is C14H16BrNOS. The molecule has 0 saturated carbocycles. The minimum Gasteiger partial charge on any atom is -0.396 e. The molecule has 96 valence electrons. The summed E-state index contributed by atoms with van der Waals surface area (Å²) < 4.78 is 1.08. The van der Waals surface area contributed by atoms with E-state index in [1.54, 1.807) is 11.3 Å². The van der Waals surface area contributed by atoms with Crippen molar-refractivity contribution in [2.24, 2.45) is 0 Å². The molecular weight excluding hydrogens is 310 g/mol. The highest BCUT2D eigenvalue weighted by Crippen LogP contribution is 2.25. The number of aliphatic hydroxyl groups excluding tert-OH is 1. The van der Waals surface area contributed by atoms with E-state index < -0.39 is 0 Å². The molecule has 0 aliphatic rings. The topological polar surface area (TPSA) is 32.3 Å². The van der Waals surface area contributed by atoms with E-state index in [1.807, 2.05) is 18.2 Å². The second-order valence-corrected chi connectivity index (χ2v) is 5.73. The number of hydrogen-bond donors (Lipinski definition) is 2. The summed E-state index contributed by atoms with van der Waals surface area (Å²) in [5, 5.41) is 16.9. The predicted octanol–water partition coefficient (Wildman–Crippen LogP) is 3.72. The van der Waals surface area contributed by atoms with Crippen molar-refractivity contribution in [1.82, 2.24) is 5.32 Å². The van der Waals surface area contributed by atoms with Crippen molar-refractivity contribution in [3.05, 3.63) is 56.7 Å². The average Bonchev–Trinajstić information content (AvgIpc) is 2.88. The zero-order valence-corrected chi connectivity index (χ0v) is 12.4. The second kappa shape index (κ2) is 7.04. The molecule has 0 radical (unpaired) electrons. The van der Waals surface area contributed by atoms with E-state index in [4.69, 9.17) is 0 Å². The maximum absolute atomic E-state index is 9.19. The molecule has 18 heavy (non-hydrogen) atoms. The summed E-state index contributed by atoms with van der Waals surface area (Å²) in [7, 11) is 0. The molecule has 0 unspecified atom stereocenters. The fourth-order valence-corrected chi connectivity index (χ4v) is 3.12. The normalized spacial score (nSPS) is 12.6. The van der Waals surface area contributed by atoms with Crippen molar-refractivity contribution >= 4 is 27.3 Å². The van der Waals surface area contributed by atoms with E-state index in [1.165, 1.54) is 11.1 Å². The van der Waals surface area contributed by atoms with Gasteiger partial charge in [0.05, 0.1) is 0 Å². The Hall–Kier alpha value is -0.680. The molecule has 1 heterocycles. The van der Waals surface area contributed by atoms with Crippen molar-refractivity contribution in [3.8, 4) is 0 Å². The van der Waals surface area contributed by atoms with Crippen LogP contribution in [0.5, 0.6) is 0 Å². The molecule has 0 fully saturated rings. The number of rotatable bonds is 6. The van der Waals surface area contributed by atoms with Gasteiger partial charge in [0, 0.05) is 23.7 Å². The smallest absolute Gasteiger partial charge is 0.0449 e. The maximum atomic E-state index is 9.19. The molecule has 0 bridgehead atoms. The highest BCUT2D eigenvalue weighted by molar-refractivity contribution is 9.10. The molecule has 2 rings (SSSR count). The fraction of sp³-hybridized carbons (Fsp3) is 0.286. The average molecular weight is 326 g/mol. The van der Waals surface area contributed by atoms with E-state index in [0.717, 1.165) is 11.0 Å². The summed E-state index contributed by atoms with van der Waals surface area (Å²) in [6, 6.07) is 10.4. The van der Waals surface area contributed by atoms with Gasteiger partial charge in [0.25, 0.3) is 0 Å². The van der Waals surface area contributed by atoms with Crippen LogP contribution in [0, 0.1) is 0 Å². The van der Waals surface area contributed by atoms with Crippen molar-refractivity contribution in [3.63, 3.8) is 0 Å². The van der Waals surface area contributed by atoms with Crippen LogP contribution in [0.25, 0.3) is 0 Å². The van der Waals surface area contributed by atoms with E-state index in [0.29, 0.717) is 6.42 Å². The third-order valence-electron chi connectivity index (χ3n) is 2.83.